The van der Waals surface area contributed by atoms with Crippen LogP contribution in [0.3, 0.4) is 0 Å². The summed E-state index contributed by atoms with van der Waals surface area (Å²) in [6.45, 7) is 1.20. The van der Waals surface area contributed by atoms with E-state index in [2.05, 4.69) is 0 Å². The summed E-state index contributed by atoms with van der Waals surface area (Å²) >= 11 is 0. The topological polar surface area (TPSA) is 54.4 Å². The highest BCUT2D eigenvalue weighted by Gasteiger charge is 2.15. The van der Waals surface area contributed by atoms with Crippen LogP contribution in [0.1, 0.15) is 5.56 Å². The molecule has 0 radical (unpaired) electrons. The van der Waals surface area contributed by atoms with E-state index < -0.39 is 26.6 Å². The molecule has 0 saturated carbocycles. The number of rotatable bonds is 1. The van der Waals surface area contributed by atoms with E-state index in [0.717, 1.165) is 6.07 Å². The summed E-state index contributed by atoms with van der Waals surface area (Å²) in [5.74, 6) is -2.42. The van der Waals surface area contributed by atoms with Crippen molar-refractivity contribution in [3.8, 4) is 0 Å². The maximum absolute atomic E-state index is 12.6. The van der Waals surface area contributed by atoms with E-state index in [9.17, 15) is 17.2 Å². The maximum atomic E-state index is 12.6. The van der Waals surface area contributed by atoms with Crippen LogP contribution in [0.5, 0.6) is 0 Å². The predicted molar refractivity (Wildman–Crippen MR) is 40.9 cm³/mol. The summed E-state index contributed by atoms with van der Waals surface area (Å²) in [6.07, 6.45) is 0. The molecular weight excluding hydrogens is 202 g/mol. The van der Waals surface area contributed by atoms with E-state index in [1.807, 2.05) is 0 Å². The van der Waals surface area contributed by atoms with Gasteiger partial charge in [-0.1, -0.05) is 0 Å². The molecule has 0 heterocycles. The molecule has 0 amide bonds. The van der Waals surface area contributed by atoms with E-state index in [1.54, 1.807) is 0 Å². The van der Waals surface area contributed by atoms with Crippen molar-refractivity contribution in [3.63, 3.8) is 0 Å². The molecule has 6 heteroatoms. The van der Waals surface area contributed by atoms with Gasteiger partial charge in [-0.15, -0.1) is 0 Å². The minimum Gasteiger partial charge on any atom is -0.282 e. The lowest BCUT2D eigenvalue weighted by atomic mass is 10.2. The Bertz CT molecular complexity index is 416. The molecule has 3 nitrogen and oxygen atoms in total. The fourth-order valence-electron chi connectivity index (χ4n) is 0.844. The number of halogens is 2. The molecule has 0 fully saturated rings. The molecule has 0 aliphatic rings. The predicted octanol–water partition coefficient (Wildman–Crippen LogP) is 1.52. The molecule has 0 aromatic heterocycles. The third-order valence-electron chi connectivity index (χ3n) is 1.48. The maximum Gasteiger partial charge on any atom is 0.294 e. The third-order valence-corrected chi connectivity index (χ3v) is 2.31. The summed E-state index contributed by atoms with van der Waals surface area (Å²) in [7, 11) is -4.47. The van der Waals surface area contributed by atoms with Crippen molar-refractivity contribution >= 4 is 10.1 Å². The normalized spacial score (nSPS) is 11.7. The molecule has 1 rings (SSSR count). The lowest BCUT2D eigenvalue weighted by molar-refractivity contribution is 0.475. The van der Waals surface area contributed by atoms with Crippen LogP contribution in [0, 0.1) is 18.6 Å². The molecule has 1 N–H and O–H groups in total. The van der Waals surface area contributed by atoms with Gasteiger partial charge in [0.25, 0.3) is 10.1 Å². The van der Waals surface area contributed by atoms with E-state index in [4.69, 9.17) is 4.55 Å². The van der Waals surface area contributed by atoms with Crippen molar-refractivity contribution in [1.29, 1.82) is 0 Å². The second kappa shape index (κ2) is 3.04. The van der Waals surface area contributed by atoms with Crippen LogP contribution in [-0.4, -0.2) is 13.0 Å². The van der Waals surface area contributed by atoms with Gasteiger partial charge in [0, 0.05) is 0 Å². The number of hydrogen-bond donors (Lipinski definition) is 1. The Morgan fingerprint density at radius 3 is 2.23 bits per heavy atom. The van der Waals surface area contributed by atoms with Gasteiger partial charge in [-0.3, -0.25) is 4.55 Å². The average molecular weight is 208 g/mol. The third kappa shape index (κ3) is 2.02. The molecule has 0 saturated heterocycles. The zero-order valence-corrected chi connectivity index (χ0v) is 7.40. The Morgan fingerprint density at radius 1 is 1.31 bits per heavy atom. The highest BCUT2D eigenvalue weighted by atomic mass is 32.2. The Labute approximate surface area is 73.8 Å². The first-order valence-electron chi connectivity index (χ1n) is 3.25. The molecule has 0 spiro atoms. The Morgan fingerprint density at radius 2 is 1.85 bits per heavy atom. The van der Waals surface area contributed by atoms with Crippen molar-refractivity contribution < 1.29 is 21.8 Å². The SMILES string of the molecule is Cc1cc(S(=O)(=O)O)cc(F)c1F. The van der Waals surface area contributed by atoms with Gasteiger partial charge >= 0.3 is 0 Å². The van der Waals surface area contributed by atoms with Crippen LogP contribution in [0.25, 0.3) is 0 Å². The van der Waals surface area contributed by atoms with Gasteiger partial charge in [0.1, 0.15) is 0 Å². The number of aryl methyl sites for hydroxylation is 1. The molecule has 1 aromatic rings. The van der Waals surface area contributed by atoms with Gasteiger partial charge < -0.3 is 0 Å². The summed E-state index contributed by atoms with van der Waals surface area (Å²) in [6, 6.07) is 1.28. The highest BCUT2D eigenvalue weighted by molar-refractivity contribution is 7.85. The molecule has 0 atom stereocenters. The molecule has 0 unspecified atom stereocenters. The molecule has 0 aliphatic carbocycles. The second-order valence-electron chi connectivity index (χ2n) is 2.51. The van der Waals surface area contributed by atoms with Gasteiger partial charge in [0.2, 0.25) is 0 Å². The van der Waals surface area contributed by atoms with E-state index in [-0.39, 0.29) is 5.56 Å². The lowest BCUT2D eigenvalue weighted by Gasteiger charge is -2.01. The van der Waals surface area contributed by atoms with E-state index in [0.29, 0.717) is 6.07 Å². The van der Waals surface area contributed by atoms with Crippen molar-refractivity contribution in [2.75, 3.05) is 0 Å². The van der Waals surface area contributed by atoms with Gasteiger partial charge in [-0.2, -0.15) is 8.42 Å². The quantitative estimate of drug-likeness (QED) is 0.712. The van der Waals surface area contributed by atoms with Crippen LogP contribution >= 0.6 is 0 Å². The summed E-state index contributed by atoms with van der Waals surface area (Å²) in [4.78, 5) is -0.649. The minimum absolute atomic E-state index is 0.173. The van der Waals surface area contributed by atoms with E-state index in [1.165, 1.54) is 6.92 Å². The Hall–Kier alpha value is -1.01. The van der Waals surface area contributed by atoms with Crippen molar-refractivity contribution in [2.24, 2.45) is 0 Å². The van der Waals surface area contributed by atoms with Crippen LogP contribution in [0.4, 0.5) is 8.78 Å². The zero-order chi connectivity index (χ0) is 10.2. The van der Waals surface area contributed by atoms with Crippen LogP contribution in [-0.2, 0) is 10.1 Å². The van der Waals surface area contributed by atoms with Crippen molar-refractivity contribution in [1.82, 2.24) is 0 Å². The molecule has 1 aromatic carbocycles. The number of benzene rings is 1. The van der Waals surface area contributed by atoms with Crippen LogP contribution in [0.2, 0.25) is 0 Å². The van der Waals surface area contributed by atoms with Crippen molar-refractivity contribution in [2.45, 2.75) is 11.8 Å². The van der Waals surface area contributed by atoms with Crippen LogP contribution < -0.4 is 0 Å². The standard InChI is InChI=1S/C7H6F2O3S/c1-4-2-5(13(10,11)12)3-6(8)7(4)9/h2-3H,1H3,(H,10,11,12). The van der Waals surface area contributed by atoms with Crippen LogP contribution in [0.15, 0.2) is 17.0 Å². The second-order valence-corrected chi connectivity index (χ2v) is 3.93. The monoisotopic (exact) mass is 208 g/mol. The molecule has 0 aliphatic heterocycles. The molecule has 0 bridgehead atoms. The average Bonchev–Trinajstić information content (AvgIpc) is 1.97. The first kappa shape index (κ1) is 10.1. The van der Waals surface area contributed by atoms with Gasteiger partial charge in [-0.25, -0.2) is 8.78 Å². The fraction of sp³-hybridized carbons (Fsp3) is 0.143. The van der Waals surface area contributed by atoms with Gasteiger partial charge in [-0.05, 0) is 24.6 Å². The number of hydrogen-bond acceptors (Lipinski definition) is 2. The molecule has 13 heavy (non-hydrogen) atoms. The molecule has 72 valence electrons. The largest absolute Gasteiger partial charge is 0.294 e. The van der Waals surface area contributed by atoms with Crippen molar-refractivity contribution in [3.05, 3.63) is 29.3 Å². The van der Waals surface area contributed by atoms with Gasteiger partial charge in [0.15, 0.2) is 11.6 Å². The first-order valence-corrected chi connectivity index (χ1v) is 4.69. The fourth-order valence-corrected chi connectivity index (χ4v) is 1.42. The molecular formula is C7H6F2O3S. The van der Waals surface area contributed by atoms with Gasteiger partial charge in [0.05, 0.1) is 4.90 Å². The summed E-state index contributed by atoms with van der Waals surface area (Å²) < 4.78 is 54.8. The van der Waals surface area contributed by atoms with E-state index >= 15 is 0 Å². The highest BCUT2D eigenvalue weighted by Crippen LogP contribution is 2.17. The minimum atomic E-state index is -4.47. The summed E-state index contributed by atoms with van der Waals surface area (Å²) in [5, 5.41) is 0. The lowest BCUT2D eigenvalue weighted by Crippen LogP contribution is -2.01. The summed E-state index contributed by atoms with van der Waals surface area (Å²) in [5.41, 5.74) is -0.173. The zero-order valence-electron chi connectivity index (χ0n) is 6.58. The smallest absolute Gasteiger partial charge is 0.282 e. The Balaban J connectivity index is 3.47. The first-order chi connectivity index (χ1) is 5.82. The Kier molecular flexibility index (Phi) is 2.36.